The third-order valence-electron chi connectivity index (χ3n) is 5.49. The number of anilines is 1. The predicted molar refractivity (Wildman–Crippen MR) is 113 cm³/mol. The number of benzene rings is 1. The molecule has 0 aromatic heterocycles. The van der Waals surface area contributed by atoms with E-state index in [4.69, 9.17) is 0 Å². The van der Waals surface area contributed by atoms with Gasteiger partial charge in [-0.1, -0.05) is 39.0 Å². The highest BCUT2D eigenvalue weighted by Gasteiger charge is 2.27. The molecule has 0 aliphatic carbocycles. The second-order valence-electron chi connectivity index (χ2n) is 7.79. The quantitative estimate of drug-likeness (QED) is 0.510. The van der Waals surface area contributed by atoms with E-state index in [1.807, 2.05) is 23.1 Å². The summed E-state index contributed by atoms with van der Waals surface area (Å²) in [5.74, 6) is 0.351. The number of hydrogen-bond donors (Lipinski definition) is 3. The first-order valence-corrected chi connectivity index (χ1v) is 10.9. The minimum Gasteiger partial charge on any atom is -0.338 e. The standard InChI is InChI=1S/C22H36N4O2/c1-4-11-26(12-5-2)22(28)18-25-15-13-24(14-16-25)17-21(27)23-20-10-8-7-9-19(20)6-3/h7-10H,4-6,11-18H2,1-3H3,(H,23,27)/p+2. The molecule has 0 unspecified atom stereocenters. The molecule has 1 saturated heterocycles. The smallest absolute Gasteiger partial charge is 0.279 e. The second kappa shape index (κ2) is 11.8. The maximum absolute atomic E-state index is 12.5. The van der Waals surface area contributed by atoms with Gasteiger partial charge < -0.3 is 20.0 Å². The molecule has 6 heteroatoms. The zero-order valence-electron chi connectivity index (χ0n) is 17.9. The van der Waals surface area contributed by atoms with Gasteiger partial charge >= 0.3 is 0 Å². The lowest BCUT2D eigenvalue weighted by Gasteiger charge is -2.30. The molecule has 1 aromatic carbocycles. The maximum Gasteiger partial charge on any atom is 0.279 e. The first kappa shape index (κ1) is 22.4. The molecule has 28 heavy (non-hydrogen) atoms. The molecule has 2 amide bonds. The average Bonchev–Trinajstić information content (AvgIpc) is 2.69. The Morgan fingerprint density at radius 2 is 1.50 bits per heavy atom. The highest BCUT2D eigenvalue weighted by Crippen LogP contribution is 2.14. The summed E-state index contributed by atoms with van der Waals surface area (Å²) in [5, 5.41) is 3.07. The third kappa shape index (κ3) is 6.91. The number of aryl methyl sites for hydroxylation is 1. The van der Waals surface area contributed by atoms with E-state index in [0.29, 0.717) is 13.1 Å². The van der Waals surface area contributed by atoms with Crippen molar-refractivity contribution in [1.29, 1.82) is 0 Å². The molecular weight excluding hydrogens is 352 g/mol. The van der Waals surface area contributed by atoms with Crippen LogP contribution in [0, 0.1) is 0 Å². The molecule has 1 fully saturated rings. The summed E-state index contributed by atoms with van der Waals surface area (Å²) >= 11 is 0. The first-order valence-electron chi connectivity index (χ1n) is 10.9. The zero-order chi connectivity index (χ0) is 20.4. The number of amides is 2. The summed E-state index contributed by atoms with van der Waals surface area (Å²) in [7, 11) is 0. The van der Waals surface area contributed by atoms with E-state index in [-0.39, 0.29) is 11.8 Å². The van der Waals surface area contributed by atoms with E-state index >= 15 is 0 Å². The fourth-order valence-corrected chi connectivity index (χ4v) is 3.91. The Kier molecular flexibility index (Phi) is 9.44. The van der Waals surface area contributed by atoms with Gasteiger partial charge in [0, 0.05) is 18.8 Å². The molecule has 0 spiro atoms. The predicted octanol–water partition coefficient (Wildman–Crippen LogP) is -0.380. The van der Waals surface area contributed by atoms with Gasteiger partial charge in [-0.3, -0.25) is 9.59 Å². The number of quaternary nitrogens is 2. The van der Waals surface area contributed by atoms with Crippen LogP contribution in [0.2, 0.25) is 0 Å². The Balaban J connectivity index is 1.75. The van der Waals surface area contributed by atoms with Crippen molar-refractivity contribution in [2.45, 2.75) is 40.0 Å². The number of piperazine rings is 1. The average molecular weight is 391 g/mol. The normalized spacial score (nSPS) is 19.2. The van der Waals surface area contributed by atoms with Crippen LogP contribution in [-0.2, 0) is 16.0 Å². The molecule has 1 heterocycles. The lowest BCUT2D eigenvalue weighted by molar-refractivity contribution is -1.00. The van der Waals surface area contributed by atoms with Gasteiger partial charge in [-0.25, -0.2) is 0 Å². The summed E-state index contributed by atoms with van der Waals surface area (Å²) in [6.45, 7) is 12.9. The molecule has 6 nitrogen and oxygen atoms in total. The van der Waals surface area contributed by atoms with Crippen molar-refractivity contribution in [3.05, 3.63) is 29.8 Å². The van der Waals surface area contributed by atoms with Crippen molar-refractivity contribution in [2.24, 2.45) is 0 Å². The number of carbonyl (C=O) groups excluding carboxylic acids is 2. The van der Waals surface area contributed by atoms with Crippen molar-refractivity contribution in [2.75, 3.05) is 57.7 Å². The molecule has 0 saturated carbocycles. The summed E-state index contributed by atoms with van der Waals surface area (Å²) < 4.78 is 0. The van der Waals surface area contributed by atoms with Gasteiger partial charge in [0.25, 0.3) is 11.8 Å². The molecule has 3 N–H and O–H groups in total. The van der Waals surface area contributed by atoms with Crippen LogP contribution in [-0.4, -0.2) is 69.1 Å². The van der Waals surface area contributed by atoms with Crippen molar-refractivity contribution >= 4 is 17.5 Å². The molecule has 1 aliphatic rings. The van der Waals surface area contributed by atoms with Gasteiger partial charge in [-0.15, -0.1) is 0 Å². The molecule has 1 aromatic rings. The SMILES string of the molecule is CCCN(CCC)C(=O)C[NH+]1CC[NH+](CC(=O)Nc2ccccc2CC)CC1. The Labute approximate surface area is 169 Å². The van der Waals surface area contributed by atoms with E-state index in [1.54, 1.807) is 0 Å². The number of para-hydroxylation sites is 1. The van der Waals surface area contributed by atoms with Crippen molar-refractivity contribution < 1.29 is 19.4 Å². The topological polar surface area (TPSA) is 58.3 Å². The molecule has 2 rings (SSSR count). The maximum atomic E-state index is 12.5. The van der Waals surface area contributed by atoms with E-state index in [1.165, 1.54) is 15.4 Å². The van der Waals surface area contributed by atoms with Gasteiger partial charge in [0.05, 0.1) is 0 Å². The summed E-state index contributed by atoms with van der Waals surface area (Å²) in [6, 6.07) is 7.99. The Morgan fingerprint density at radius 1 is 0.929 bits per heavy atom. The number of nitrogens with zero attached hydrogens (tertiary/aromatic N) is 1. The van der Waals surface area contributed by atoms with E-state index in [9.17, 15) is 9.59 Å². The van der Waals surface area contributed by atoms with Gasteiger partial charge in [-0.2, -0.15) is 0 Å². The zero-order valence-corrected chi connectivity index (χ0v) is 17.9. The van der Waals surface area contributed by atoms with Crippen LogP contribution < -0.4 is 15.1 Å². The molecule has 156 valence electrons. The van der Waals surface area contributed by atoms with Gasteiger partial charge in [0.2, 0.25) is 0 Å². The van der Waals surface area contributed by atoms with Crippen LogP contribution in [0.25, 0.3) is 0 Å². The summed E-state index contributed by atoms with van der Waals surface area (Å²) in [5.41, 5.74) is 2.10. The number of nitrogens with one attached hydrogen (secondary N) is 3. The third-order valence-corrected chi connectivity index (χ3v) is 5.49. The van der Waals surface area contributed by atoms with E-state index < -0.39 is 0 Å². The molecule has 0 radical (unpaired) electrons. The largest absolute Gasteiger partial charge is 0.338 e. The van der Waals surface area contributed by atoms with Gasteiger partial charge in [0.1, 0.15) is 26.2 Å². The molecule has 1 aliphatic heterocycles. The summed E-state index contributed by atoms with van der Waals surface area (Å²) in [4.78, 5) is 29.7. The van der Waals surface area contributed by atoms with Crippen molar-refractivity contribution in [3.63, 3.8) is 0 Å². The highest BCUT2D eigenvalue weighted by molar-refractivity contribution is 5.92. The molecular formula is C22H38N4O2+2. The Morgan fingerprint density at radius 3 is 2.07 bits per heavy atom. The Bertz CT molecular complexity index is 621. The van der Waals surface area contributed by atoms with Crippen LogP contribution >= 0.6 is 0 Å². The van der Waals surface area contributed by atoms with Gasteiger partial charge in [-0.05, 0) is 30.9 Å². The Hall–Kier alpha value is -1.92. The van der Waals surface area contributed by atoms with Crippen molar-refractivity contribution in [3.8, 4) is 0 Å². The monoisotopic (exact) mass is 390 g/mol. The summed E-state index contributed by atoms with van der Waals surface area (Å²) in [6.07, 6.45) is 2.93. The highest BCUT2D eigenvalue weighted by atomic mass is 16.2. The number of carbonyl (C=O) groups is 2. The minimum atomic E-state index is 0.0764. The fraction of sp³-hybridized carbons (Fsp3) is 0.636. The number of hydrogen-bond acceptors (Lipinski definition) is 2. The van der Waals surface area contributed by atoms with Crippen LogP contribution in [0.15, 0.2) is 24.3 Å². The van der Waals surface area contributed by atoms with Crippen LogP contribution in [0.5, 0.6) is 0 Å². The van der Waals surface area contributed by atoms with E-state index in [2.05, 4.69) is 32.2 Å². The van der Waals surface area contributed by atoms with Crippen LogP contribution in [0.1, 0.15) is 39.2 Å². The van der Waals surface area contributed by atoms with Crippen LogP contribution in [0.3, 0.4) is 0 Å². The van der Waals surface area contributed by atoms with E-state index in [0.717, 1.165) is 64.2 Å². The number of rotatable bonds is 10. The minimum absolute atomic E-state index is 0.0764. The van der Waals surface area contributed by atoms with Gasteiger partial charge in [0.15, 0.2) is 13.1 Å². The lowest BCUT2D eigenvalue weighted by Crippen LogP contribution is -3.28. The molecule has 0 bridgehead atoms. The fourth-order valence-electron chi connectivity index (χ4n) is 3.91. The van der Waals surface area contributed by atoms with Crippen molar-refractivity contribution in [1.82, 2.24) is 4.90 Å². The van der Waals surface area contributed by atoms with Crippen LogP contribution in [0.4, 0.5) is 5.69 Å². The lowest BCUT2D eigenvalue weighted by atomic mass is 10.1. The first-order chi connectivity index (χ1) is 13.6. The second-order valence-corrected chi connectivity index (χ2v) is 7.79. The molecule has 0 atom stereocenters.